The molecule has 1 aliphatic rings. The molecule has 0 radical (unpaired) electrons. The number of hydrogen-bond donors (Lipinski definition) is 0. The SMILES string of the molecule is CC1CC=CCC1COc1ccc(C=O)cc1Br. The fourth-order valence-corrected chi connectivity index (χ4v) is 2.65. The van der Waals surface area contributed by atoms with E-state index in [0.29, 0.717) is 17.4 Å². The number of ether oxygens (including phenoxy) is 1. The van der Waals surface area contributed by atoms with Crippen LogP contribution in [0.1, 0.15) is 30.1 Å². The molecule has 96 valence electrons. The molecule has 0 bridgehead atoms. The van der Waals surface area contributed by atoms with Gasteiger partial charge in [-0.2, -0.15) is 0 Å². The van der Waals surface area contributed by atoms with Gasteiger partial charge < -0.3 is 4.74 Å². The van der Waals surface area contributed by atoms with Crippen molar-refractivity contribution in [2.75, 3.05) is 6.61 Å². The number of carbonyl (C=O) groups excluding carboxylic acids is 1. The van der Waals surface area contributed by atoms with Crippen LogP contribution in [-0.4, -0.2) is 12.9 Å². The largest absolute Gasteiger partial charge is 0.492 e. The Morgan fingerprint density at radius 1 is 1.39 bits per heavy atom. The summed E-state index contributed by atoms with van der Waals surface area (Å²) in [5.74, 6) is 2.05. The van der Waals surface area contributed by atoms with Crippen molar-refractivity contribution >= 4 is 22.2 Å². The Kier molecular flexibility index (Phi) is 4.59. The first-order valence-electron chi connectivity index (χ1n) is 6.23. The van der Waals surface area contributed by atoms with Crippen LogP contribution >= 0.6 is 15.9 Å². The lowest BCUT2D eigenvalue weighted by Crippen LogP contribution is -2.21. The van der Waals surface area contributed by atoms with Gasteiger partial charge >= 0.3 is 0 Å². The third kappa shape index (κ3) is 3.22. The fourth-order valence-electron chi connectivity index (χ4n) is 2.14. The monoisotopic (exact) mass is 308 g/mol. The maximum atomic E-state index is 10.6. The van der Waals surface area contributed by atoms with Crippen LogP contribution in [0.3, 0.4) is 0 Å². The number of allylic oxidation sites excluding steroid dienone is 2. The van der Waals surface area contributed by atoms with E-state index >= 15 is 0 Å². The van der Waals surface area contributed by atoms with Crippen molar-refractivity contribution in [3.05, 3.63) is 40.4 Å². The van der Waals surface area contributed by atoms with E-state index in [0.717, 1.165) is 36.0 Å². The highest BCUT2D eigenvalue weighted by molar-refractivity contribution is 9.10. The van der Waals surface area contributed by atoms with Crippen molar-refractivity contribution in [3.8, 4) is 5.75 Å². The molecule has 2 atom stereocenters. The summed E-state index contributed by atoms with van der Waals surface area (Å²) in [6.45, 7) is 2.99. The molecule has 0 heterocycles. The van der Waals surface area contributed by atoms with Crippen LogP contribution < -0.4 is 4.74 Å². The second-order valence-corrected chi connectivity index (χ2v) is 5.65. The van der Waals surface area contributed by atoms with E-state index in [1.807, 2.05) is 6.07 Å². The summed E-state index contributed by atoms with van der Waals surface area (Å²) in [6.07, 6.45) is 7.54. The normalized spacial score (nSPS) is 22.8. The summed E-state index contributed by atoms with van der Waals surface area (Å²) < 4.78 is 6.69. The van der Waals surface area contributed by atoms with Gasteiger partial charge in [0, 0.05) is 5.56 Å². The van der Waals surface area contributed by atoms with E-state index in [9.17, 15) is 4.79 Å². The minimum absolute atomic E-state index is 0.577. The second-order valence-electron chi connectivity index (χ2n) is 4.80. The smallest absolute Gasteiger partial charge is 0.150 e. The highest BCUT2D eigenvalue weighted by Crippen LogP contribution is 2.29. The average Bonchev–Trinajstić information content (AvgIpc) is 2.39. The number of hydrogen-bond acceptors (Lipinski definition) is 2. The van der Waals surface area contributed by atoms with Crippen molar-refractivity contribution in [3.63, 3.8) is 0 Å². The molecule has 0 N–H and O–H groups in total. The summed E-state index contributed by atoms with van der Waals surface area (Å²) in [5, 5.41) is 0. The van der Waals surface area contributed by atoms with Crippen molar-refractivity contribution in [2.24, 2.45) is 11.8 Å². The zero-order valence-corrected chi connectivity index (χ0v) is 12.0. The second kappa shape index (κ2) is 6.19. The Hall–Kier alpha value is -1.09. The molecule has 1 aliphatic carbocycles. The van der Waals surface area contributed by atoms with Gasteiger partial charge in [0.25, 0.3) is 0 Å². The molecule has 0 aromatic heterocycles. The van der Waals surface area contributed by atoms with Crippen LogP contribution in [-0.2, 0) is 0 Å². The van der Waals surface area contributed by atoms with Gasteiger partial charge in [0.05, 0.1) is 11.1 Å². The standard InChI is InChI=1S/C15H17BrO2/c1-11-4-2-3-5-13(11)10-18-15-7-6-12(9-17)8-14(15)16/h2-3,6-9,11,13H,4-5,10H2,1H3. The van der Waals surface area contributed by atoms with Gasteiger partial charge in [0.15, 0.2) is 0 Å². The number of aldehydes is 1. The molecule has 0 amide bonds. The fraction of sp³-hybridized carbons (Fsp3) is 0.400. The van der Waals surface area contributed by atoms with Gasteiger partial charge in [0.2, 0.25) is 0 Å². The molecule has 2 nitrogen and oxygen atoms in total. The molecule has 18 heavy (non-hydrogen) atoms. The molecule has 2 unspecified atom stereocenters. The van der Waals surface area contributed by atoms with E-state index in [-0.39, 0.29) is 0 Å². The lowest BCUT2D eigenvalue weighted by Gasteiger charge is -2.25. The molecule has 0 spiro atoms. The molecule has 0 aliphatic heterocycles. The van der Waals surface area contributed by atoms with Crippen LogP contribution in [0.25, 0.3) is 0 Å². The van der Waals surface area contributed by atoms with Crippen LogP contribution in [0.4, 0.5) is 0 Å². The zero-order valence-electron chi connectivity index (χ0n) is 10.4. The van der Waals surface area contributed by atoms with Gasteiger partial charge in [-0.15, -0.1) is 0 Å². The van der Waals surface area contributed by atoms with Gasteiger partial charge in [-0.1, -0.05) is 19.1 Å². The first-order chi connectivity index (χ1) is 8.70. The molecule has 1 aromatic carbocycles. The summed E-state index contributed by atoms with van der Waals surface area (Å²) in [5.41, 5.74) is 0.656. The lowest BCUT2D eigenvalue weighted by molar-refractivity contribution is 0.112. The van der Waals surface area contributed by atoms with Crippen molar-refractivity contribution < 1.29 is 9.53 Å². The predicted octanol–water partition coefficient (Wildman–Crippen LogP) is 4.24. The minimum atomic E-state index is 0.577. The molecule has 2 rings (SSSR count). The highest BCUT2D eigenvalue weighted by atomic mass is 79.9. The average molecular weight is 309 g/mol. The van der Waals surface area contributed by atoms with E-state index in [2.05, 4.69) is 35.0 Å². The Bertz CT molecular complexity index is 454. The summed E-state index contributed by atoms with van der Waals surface area (Å²) >= 11 is 3.43. The lowest BCUT2D eigenvalue weighted by atomic mass is 9.85. The van der Waals surface area contributed by atoms with E-state index in [1.54, 1.807) is 12.1 Å². The summed E-state index contributed by atoms with van der Waals surface area (Å²) in [6, 6.07) is 5.40. The van der Waals surface area contributed by atoms with Crippen LogP contribution in [0.2, 0.25) is 0 Å². The number of halogens is 1. The van der Waals surface area contributed by atoms with Gasteiger partial charge in [-0.25, -0.2) is 0 Å². The Morgan fingerprint density at radius 2 is 2.17 bits per heavy atom. The number of carbonyl (C=O) groups is 1. The van der Waals surface area contributed by atoms with Gasteiger partial charge in [-0.3, -0.25) is 4.79 Å². The first kappa shape index (κ1) is 13.3. The maximum Gasteiger partial charge on any atom is 0.150 e. The molecule has 0 saturated heterocycles. The van der Waals surface area contributed by atoms with Crippen LogP contribution in [0.5, 0.6) is 5.75 Å². The number of rotatable bonds is 4. The highest BCUT2D eigenvalue weighted by Gasteiger charge is 2.19. The molecular weight excluding hydrogens is 292 g/mol. The number of benzene rings is 1. The van der Waals surface area contributed by atoms with Crippen LogP contribution in [0.15, 0.2) is 34.8 Å². The third-order valence-electron chi connectivity index (χ3n) is 3.46. The van der Waals surface area contributed by atoms with E-state index < -0.39 is 0 Å². The molecule has 0 saturated carbocycles. The molecule has 0 fully saturated rings. The van der Waals surface area contributed by atoms with Crippen molar-refractivity contribution in [1.82, 2.24) is 0 Å². The summed E-state index contributed by atoms with van der Waals surface area (Å²) in [7, 11) is 0. The Labute approximate surface area is 116 Å². The molecular formula is C15H17BrO2. The maximum absolute atomic E-state index is 10.6. The zero-order chi connectivity index (χ0) is 13.0. The topological polar surface area (TPSA) is 26.3 Å². The van der Waals surface area contributed by atoms with Gasteiger partial charge in [0.1, 0.15) is 12.0 Å². The van der Waals surface area contributed by atoms with Crippen molar-refractivity contribution in [1.29, 1.82) is 0 Å². The summed E-state index contributed by atoms with van der Waals surface area (Å²) in [4.78, 5) is 10.6. The minimum Gasteiger partial charge on any atom is -0.492 e. The Balaban J connectivity index is 1.97. The van der Waals surface area contributed by atoms with Gasteiger partial charge in [-0.05, 0) is 58.8 Å². The van der Waals surface area contributed by atoms with Crippen molar-refractivity contribution in [2.45, 2.75) is 19.8 Å². The predicted molar refractivity (Wildman–Crippen MR) is 76.1 cm³/mol. The molecule has 3 heteroatoms. The first-order valence-corrected chi connectivity index (χ1v) is 7.02. The molecule has 1 aromatic rings. The van der Waals surface area contributed by atoms with E-state index in [4.69, 9.17) is 4.74 Å². The Morgan fingerprint density at radius 3 is 2.83 bits per heavy atom. The van der Waals surface area contributed by atoms with E-state index in [1.165, 1.54) is 0 Å². The van der Waals surface area contributed by atoms with Crippen LogP contribution in [0, 0.1) is 11.8 Å². The third-order valence-corrected chi connectivity index (χ3v) is 4.08. The quantitative estimate of drug-likeness (QED) is 0.614.